The first kappa shape index (κ1) is 6.95. The summed E-state index contributed by atoms with van der Waals surface area (Å²) >= 11 is 0. The van der Waals surface area contributed by atoms with E-state index in [0.717, 1.165) is 12.3 Å². The Kier molecular flexibility index (Phi) is 1.82. The molecule has 0 saturated heterocycles. The number of pyridine rings is 1. The second-order valence-electron chi connectivity index (χ2n) is 1.79. The van der Waals surface area contributed by atoms with Gasteiger partial charge in [0.2, 0.25) is 0 Å². The zero-order chi connectivity index (χ0) is 7.56. The van der Waals surface area contributed by atoms with Crippen molar-refractivity contribution < 1.29 is 14.6 Å². The van der Waals surface area contributed by atoms with E-state index in [4.69, 9.17) is 10.2 Å². The smallest absolute Gasteiger partial charge is 0.169 e. The summed E-state index contributed by atoms with van der Waals surface area (Å²) in [6.45, 7) is -0.322. The predicted octanol–water partition coefficient (Wildman–Crippen LogP) is 0.419. The third-order valence-electron chi connectivity index (χ3n) is 1.05. The molecule has 0 fully saturated rings. The molecule has 0 aliphatic carbocycles. The van der Waals surface area contributed by atoms with Gasteiger partial charge in [-0.15, -0.1) is 0 Å². The number of aromatic nitrogens is 1. The van der Waals surface area contributed by atoms with Gasteiger partial charge >= 0.3 is 0 Å². The van der Waals surface area contributed by atoms with Crippen LogP contribution in [0.3, 0.4) is 0 Å². The molecule has 0 unspecified atom stereocenters. The van der Waals surface area contributed by atoms with Crippen molar-refractivity contribution in [3.05, 3.63) is 23.8 Å². The van der Waals surface area contributed by atoms with Crippen molar-refractivity contribution in [1.82, 2.24) is 4.98 Å². The van der Waals surface area contributed by atoms with Crippen molar-refractivity contribution in [3.8, 4) is 5.75 Å². The number of hydrogen-bond donors (Lipinski definition) is 2. The number of aromatic hydroxyl groups is 1. The predicted molar refractivity (Wildman–Crippen MR) is 31.8 cm³/mol. The van der Waals surface area contributed by atoms with Crippen LogP contribution in [0.4, 0.5) is 4.39 Å². The van der Waals surface area contributed by atoms with E-state index < -0.39 is 11.6 Å². The Bertz CT molecular complexity index is 239. The number of halogens is 1. The molecule has 2 N–H and O–H groups in total. The summed E-state index contributed by atoms with van der Waals surface area (Å²) in [5, 5.41) is 17.1. The molecule has 0 aromatic carbocycles. The minimum Gasteiger partial charge on any atom is -0.504 e. The lowest BCUT2D eigenvalue weighted by molar-refractivity contribution is 0.275. The van der Waals surface area contributed by atoms with E-state index >= 15 is 0 Å². The number of rotatable bonds is 1. The van der Waals surface area contributed by atoms with Crippen LogP contribution >= 0.6 is 0 Å². The lowest BCUT2D eigenvalue weighted by atomic mass is 10.3. The maximum absolute atomic E-state index is 12.4. The van der Waals surface area contributed by atoms with Crippen LogP contribution in [0, 0.1) is 5.82 Å². The quantitative estimate of drug-likeness (QED) is 0.599. The lowest BCUT2D eigenvalue weighted by Gasteiger charge is -1.95. The topological polar surface area (TPSA) is 53.4 Å². The Hall–Kier alpha value is -1.16. The van der Waals surface area contributed by atoms with Gasteiger partial charge in [-0.1, -0.05) is 0 Å². The van der Waals surface area contributed by atoms with Crippen LogP contribution in [0.5, 0.6) is 5.75 Å². The van der Waals surface area contributed by atoms with Gasteiger partial charge in [-0.05, 0) is 0 Å². The van der Waals surface area contributed by atoms with E-state index in [1.165, 1.54) is 0 Å². The molecule has 0 radical (unpaired) electrons. The molecule has 0 aliphatic heterocycles. The fourth-order valence-electron chi connectivity index (χ4n) is 0.550. The Balaban J connectivity index is 3.04. The Morgan fingerprint density at radius 2 is 2.30 bits per heavy atom. The zero-order valence-corrected chi connectivity index (χ0v) is 5.08. The number of aliphatic hydroxyl groups excluding tert-OH is 1. The first-order valence-electron chi connectivity index (χ1n) is 2.68. The molecule has 54 valence electrons. The third kappa shape index (κ3) is 1.22. The normalized spacial score (nSPS) is 9.80. The van der Waals surface area contributed by atoms with Crippen LogP contribution in [0.15, 0.2) is 12.3 Å². The van der Waals surface area contributed by atoms with Crippen LogP contribution < -0.4 is 0 Å². The van der Waals surface area contributed by atoms with Gasteiger partial charge in [0.15, 0.2) is 11.6 Å². The summed E-state index contributed by atoms with van der Waals surface area (Å²) in [5.41, 5.74) is 0.204. The molecule has 0 bridgehead atoms. The highest BCUT2D eigenvalue weighted by atomic mass is 19.1. The SMILES string of the molecule is OCc1cc(F)c(O)cn1. The third-order valence-corrected chi connectivity index (χ3v) is 1.05. The first-order chi connectivity index (χ1) is 4.74. The van der Waals surface area contributed by atoms with Crippen LogP contribution in [-0.4, -0.2) is 15.2 Å². The van der Waals surface area contributed by atoms with Crippen molar-refractivity contribution in [3.63, 3.8) is 0 Å². The molecule has 0 saturated carbocycles. The maximum atomic E-state index is 12.4. The Labute approximate surface area is 56.8 Å². The van der Waals surface area contributed by atoms with Crippen LogP contribution in [-0.2, 0) is 6.61 Å². The zero-order valence-electron chi connectivity index (χ0n) is 5.08. The molecule has 0 spiro atoms. The molecular formula is C6H6FNO2. The van der Waals surface area contributed by atoms with Gasteiger partial charge in [-0.3, -0.25) is 4.98 Å². The molecule has 3 nitrogen and oxygen atoms in total. The van der Waals surface area contributed by atoms with Gasteiger partial charge in [-0.2, -0.15) is 0 Å². The van der Waals surface area contributed by atoms with Crippen molar-refractivity contribution in [2.24, 2.45) is 0 Å². The summed E-state index contributed by atoms with van der Waals surface area (Å²) < 4.78 is 12.4. The van der Waals surface area contributed by atoms with Crippen molar-refractivity contribution in [2.45, 2.75) is 6.61 Å². The van der Waals surface area contributed by atoms with Crippen LogP contribution in [0.1, 0.15) is 5.69 Å². The standard InChI is InChI=1S/C6H6FNO2/c7-5-1-4(3-9)8-2-6(5)10/h1-2,9-10H,3H2. The lowest BCUT2D eigenvalue weighted by Crippen LogP contribution is -1.89. The molecular weight excluding hydrogens is 137 g/mol. The first-order valence-corrected chi connectivity index (χ1v) is 2.68. The van der Waals surface area contributed by atoms with E-state index in [-0.39, 0.29) is 12.3 Å². The minimum atomic E-state index is -0.765. The van der Waals surface area contributed by atoms with E-state index in [1.807, 2.05) is 0 Å². The maximum Gasteiger partial charge on any atom is 0.169 e. The molecule has 0 aliphatic rings. The summed E-state index contributed by atoms with van der Waals surface area (Å²) in [7, 11) is 0. The molecule has 0 atom stereocenters. The second-order valence-corrected chi connectivity index (χ2v) is 1.79. The van der Waals surface area contributed by atoms with E-state index in [9.17, 15) is 4.39 Å². The molecule has 1 aromatic heterocycles. The molecule has 0 amide bonds. The highest BCUT2D eigenvalue weighted by Crippen LogP contribution is 2.12. The van der Waals surface area contributed by atoms with Crippen molar-refractivity contribution >= 4 is 0 Å². The van der Waals surface area contributed by atoms with Crippen molar-refractivity contribution in [1.29, 1.82) is 0 Å². The van der Waals surface area contributed by atoms with Gasteiger partial charge in [0.05, 0.1) is 18.5 Å². The van der Waals surface area contributed by atoms with Gasteiger partial charge in [-0.25, -0.2) is 4.39 Å². The highest BCUT2D eigenvalue weighted by Gasteiger charge is 2.00. The van der Waals surface area contributed by atoms with Gasteiger partial charge in [0.25, 0.3) is 0 Å². The van der Waals surface area contributed by atoms with Gasteiger partial charge < -0.3 is 10.2 Å². The second kappa shape index (κ2) is 2.62. The largest absolute Gasteiger partial charge is 0.504 e. The summed E-state index contributed by atoms with van der Waals surface area (Å²) in [6, 6.07) is 0.981. The molecule has 1 rings (SSSR count). The van der Waals surface area contributed by atoms with Crippen LogP contribution in [0.25, 0.3) is 0 Å². The van der Waals surface area contributed by atoms with E-state index in [2.05, 4.69) is 4.98 Å². The van der Waals surface area contributed by atoms with Gasteiger partial charge in [0, 0.05) is 6.07 Å². The monoisotopic (exact) mass is 143 g/mol. The molecule has 1 aromatic rings. The van der Waals surface area contributed by atoms with Crippen molar-refractivity contribution in [2.75, 3.05) is 0 Å². The highest BCUT2D eigenvalue weighted by molar-refractivity contribution is 5.20. The Morgan fingerprint density at radius 3 is 2.80 bits per heavy atom. The number of aliphatic hydroxyl groups is 1. The van der Waals surface area contributed by atoms with Crippen LogP contribution in [0.2, 0.25) is 0 Å². The Morgan fingerprint density at radius 1 is 1.60 bits per heavy atom. The summed E-state index contributed by atoms with van der Waals surface area (Å²) in [6.07, 6.45) is 0.959. The molecule has 1 heterocycles. The summed E-state index contributed by atoms with van der Waals surface area (Å²) in [4.78, 5) is 3.52. The van der Waals surface area contributed by atoms with E-state index in [0.29, 0.717) is 0 Å². The molecule has 10 heavy (non-hydrogen) atoms. The van der Waals surface area contributed by atoms with Gasteiger partial charge in [0.1, 0.15) is 0 Å². The summed E-state index contributed by atoms with van der Waals surface area (Å²) in [5.74, 6) is -1.27. The van der Waals surface area contributed by atoms with E-state index in [1.54, 1.807) is 0 Å². The number of nitrogens with zero attached hydrogens (tertiary/aromatic N) is 1. The minimum absolute atomic E-state index is 0.204. The fourth-order valence-corrected chi connectivity index (χ4v) is 0.550. The average molecular weight is 143 g/mol. The fraction of sp³-hybridized carbons (Fsp3) is 0.167. The molecule has 4 heteroatoms. The average Bonchev–Trinajstić information content (AvgIpc) is 1.95. The number of hydrogen-bond acceptors (Lipinski definition) is 3.